The minimum absolute atomic E-state index is 0.0645. The highest BCUT2D eigenvalue weighted by molar-refractivity contribution is 5.50. The second-order valence-electron chi connectivity index (χ2n) is 3.23. The first-order chi connectivity index (χ1) is 8.00. The number of hydrogen-bond acceptors (Lipinski definition) is 5. The van der Waals surface area contributed by atoms with Crippen LogP contribution in [-0.2, 0) is 0 Å². The maximum absolute atomic E-state index is 8.79. The van der Waals surface area contributed by atoms with Gasteiger partial charge in [-0.2, -0.15) is 0 Å². The molecule has 2 aromatic rings. The maximum Gasteiger partial charge on any atom is 0.161 e. The molecule has 0 aromatic heterocycles. The van der Waals surface area contributed by atoms with E-state index in [1.165, 1.54) is 12.1 Å². The summed E-state index contributed by atoms with van der Waals surface area (Å²) in [6.07, 6.45) is 0. The smallest absolute Gasteiger partial charge is 0.161 e. The topological polar surface area (TPSA) is 107 Å². The van der Waals surface area contributed by atoms with Crippen LogP contribution in [0, 0.1) is 0 Å². The molecule has 0 fully saturated rings. The maximum atomic E-state index is 8.79. The van der Waals surface area contributed by atoms with Gasteiger partial charge in [0.2, 0.25) is 0 Å². The van der Waals surface area contributed by atoms with Gasteiger partial charge in [0.25, 0.3) is 0 Å². The lowest BCUT2D eigenvalue weighted by Gasteiger charge is -1.95. The number of nitrogens with two attached hydrogens (primary N) is 1. The number of benzene rings is 2. The second-order valence-corrected chi connectivity index (χ2v) is 3.23. The fourth-order valence-electron chi connectivity index (χ4n) is 0.999. The summed E-state index contributed by atoms with van der Waals surface area (Å²) in [7, 11) is 0. The molecule has 2 rings (SSSR count). The van der Waals surface area contributed by atoms with Gasteiger partial charge in [-0.3, -0.25) is 0 Å². The van der Waals surface area contributed by atoms with E-state index in [-0.39, 0.29) is 23.0 Å². The number of rotatable bonds is 0. The number of aromatic hydroxyl groups is 4. The minimum Gasteiger partial charge on any atom is -0.508 e. The Labute approximate surface area is 98.0 Å². The Balaban J connectivity index is 0.000000171. The molecule has 0 aliphatic carbocycles. The summed E-state index contributed by atoms with van der Waals surface area (Å²) < 4.78 is 0. The molecule has 0 bridgehead atoms. The van der Waals surface area contributed by atoms with Crippen LogP contribution in [0.15, 0.2) is 42.5 Å². The molecule has 17 heavy (non-hydrogen) atoms. The normalized spacial score (nSPS) is 9.18. The zero-order valence-electron chi connectivity index (χ0n) is 8.91. The molecular formula is C12H13NO4. The molecule has 0 atom stereocenters. The fourth-order valence-corrected chi connectivity index (χ4v) is 0.999. The highest BCUT2D eigenvalue weighted by Gasteiger charge is 1.96. The Kier molecular flexibility index (Phi) is 4.05. The first-order valence-corrected chi connectivity index (χ1v) is 4.75. The first-order valence-electron chi connectivity index (χ1n) is 4.75. The van der Waals surface area contributed by atoms with Gasteiger partial charge in [-0.05, 0) is 24.3 Å². The summed E-state index contributed by atoms with van der Waals surface area (Å²) in [5.41, 5.74) is 5.69. The summed E-state index contributed by atoms with van der Waals surface area (Å²) >= 11 is 0. The largest absolute Gasteiger partial charge is 0.508 e. The average molecular weight is 235 g/mol. The van der Waals surface area contributed by atoms with Crippen molar-refractivity contribution in [2.24, 2.45) is 0 Å². The van der Waals surface area contributed by atoms with Crippen LogP contribution in [0.4, 0.5) is 5.69 Å². The Morgan fingerprint density at radius 2 is 1.35 bits per heavy atom. The van der Waals surface area contributed by atoms with E-state index >= 15 is 0 Å². The second kappa shape index (κ2) is 5.50. The molecule has 0 saturated heterocycles. The third-order valence-corrected chi connectivity index (χ3v) is 1.90. The average Bonchev–Trinajstić information content (AvgIpc) is 2.29. The van der Waals surface area contributed by atoms with Crippen molar-refractivity contribution in [3.05, 3.63) is 42.5 Å². The van der Waals surface area contributed by atoms with Crippen molar-refractivity contribution in [1.29, 1.82) is 0 Å². The van der Waals surface area contributed by atoms with Crippen molar-refractivity contribution in [3.63, 3.8) is 0 Å². The molecule has 0 radical (unpaired) electrons. The van der Waals surface area contributed by atoms with E-state index < -0.39 is 0 Å². The molecule has 0 heterocycles. The molecule has 0 saturated carbocycles. The molecule has 0 unspecified atom stereocenters. The van der Waals surface area contributed by atoms with Crippen LogP contribution in [0.1, 0.15) is 0 Å². The molecule has 5 heteroatoms. The van der Waals surface area contributed by atoms with E-state index in [0.29, 0.717) is 5.69 Å². The van der Waals surface area contributed by atoms with Crippen molar-refractivity contribution >= 4 is 5.69 Å². The van der Waals surface area contributed by atoms with Gasteiger partial charge >= 0.3 is 0 Å². The Morgan fingerprint density at radius 3 is 1.76 bits per heavy atom. The molecule has 5 nitrogen and oxygen atoms in total. The predicted octanol–water partition coefficient (Wildman–Crippen LogP) is 1.78. The van der Waals surface area contributed by atoms with E-state index in [0.717, 1.165) is 6.07 Å². The number of anilines is 1. The number of phenols is 4. The third kappa shape index (κ3) is 3.83. The van der Waals surface area contributed by atoms with Crippen molar-refractivity contribution in [2.45, 2.75) is 0 Å². The van der Waals surface area contributed by atoms with Gasteiger partial charge < -0.3 is 26.2 Å². The zero-order chi connectivity index (χ0) is 12.8. The van der Waals surface area contributed by atoms with Crippen molar-refractivity contribution in [2.75, 3.05) is 5.73 Å². The van der Waals surface area contributed by atoms with E-state index in [4.69, 9.17) is 26.2 Å². The fraction of sp³-hybridized carbons (Fsp3) is 0. The third-order valence-electron chi connectivity index (χ3n) is 1.90. The van der Waals surface area contributed by atoms with Gasteiger partial charge in [-0.15, -0.1) is 0 Å². The summed E-state index contributed by atoms with van der Waals surface area (Å²) in [6, 6.07) is 10.3. The Bertz CT molecular complexity index is 479. The van der Waals surface area contributed by atoms with E-state index in [2.05, 4.69) is 0 Å². The van der Waals surface area contributed by atoms with E-state index in [1.54, 1.807) is 24.3 Å². The van der Waals surface area contributed by atoms with Crippen molar-refractivity contribution in [3.8, 4) is 23.0 Å². The summed E-state index contributed by atoms with van der Waals surface area (Å²) in [5, 5.41) is 34.8. The molecule has 90 valence electrons. The zero-order valence-corrected chi connectivity index (χ0v) is 8.91. The van der Waals surface area contributed by atoms with Gasteiger partial charge in [-0.1, -0.05) is 12.1 Å². The Morgan fingerprint density at radius 1 is 0.706 bits per heavy atom. The number of phenolic OH excluding ortho intramolecular Hbond substituents is 4. The van der Waals surface area contributed by atoms with Crippen LogP contribution in [0.5, 0.6) is 23.0 Å². The van der Waals surface area contributed by atoms with Crippen molar-refractivity contribution in [1.82, 2.24) is 0 Å². The number of para-hydroxylation sites is 2. The standard InChI is InChI=1S/C6H7NO.C6H6O3/c7-5-3-1-2-4-6(5)8;7-4-1-2-5(8)6(9)3-4/h1-4,8H,7H2;1-3,7-9H. The number of nitrogen functional groups attached to an aromatic ring is 1. The minimum atomic E-state index is -0.310. The van der Waals surface area contributed by atoms with Gasteiger partial charge in [0.05, 0.1) is 5.69 Å². The van der Waals surface area contributed by atoms with Crippen LogP contribution in [0.25, 0.3) is 0 Å². The van der Waals surface area contributed by atoms with Gasteiger partial charge in [0.15, 0.2) is 11.5 Å². The lowest BCUT2D eigenvalue weighted by Crippen LogP contribution is -1.82. The summed E-state index contributed by atoms with van der Waals surface area (Å²) in [4.78, 5) is 0. The Hall–Kier alpha value is -2.56. The van der Waals surface area contributed by atoms with Crippen molar-refractivity contribution < 1.29 is 20.4 Å². The predicted molar refractivity (Wildman–Crippen MR) is 64.0 cm³/mol. The molecule has 2 aromatic carbocycles. The molecule has 0 aliphatic rings. The van der Waals surface area contributed by atoms with Crippen LogP contribution in [0.2, 0.25) is 0 Å². The summed E-state index contributed by atoms with van der Waals surface area (Å²) in [5.74, 6) is -0.458. The van der Waals surface area contributed by atoms with E-state index in [1.807, 2.05) is 0 Å². The highest BCUT2D eigenvalue weighted by Crippen LogP contribution is 2.27. The van der Waals surface area contributed by atoms with E-state index in [9.17, 15) is 0 Å². The van der Waals surface area contributed by atoms with Crippen LogP contribution in [0.3, 0.4) is 0 Å². The molecule has 0 spiro atoms. The molecule has 0 amide bonds. The van der Waals surface area contributed by atoms with Crippen LogP contribution < -0.4 is 5.73 Å². The summed E-state index contributed by atoms with van der Waals surface area (Å²) in [6.45, 7) is 0. The van der Waals surface area contributed by atoms with Gasteiger partial charge in [0.1, 0.15) is 11.5 Å². The molecule has 6 N–H and O–H groups in total. The van der Waals surface area contributed by atoms with Crippen LogP contribution in [-0.4, -0.2) is 20.4 Å². The first kappa shape index (κ1) is 12.5. The monoisotopic (exact) mass is 235 g/mol. The molecule has 0 aliphatic heterocycles. The lowest BCUT2D eigenvalue weighted by atomic mass is 10.3. The van der Waals surface area contributed by atoms with Crippen LogP contribution >= 0.6 is 0 Å². The van der Waals surface area contributed by atoms with Gasteiger partial charge in [-0.25, -0.2) is 0 Å². The highest BCUT2D eigenvalue weighted by atomic mass is 16.3. The van der Waals surface area contributed by atoms with Gasteiger partial charge in [0, 0.05) is 6.07 Å². The molecular weight excluding hydrogens is 222 g/mol. The SMILES string of the molecule is Nc1ccccc1O.Oc1ccc(O)c(O)c1. The lowest BCUT2D eigenvalue weighted by molar-refractivity contribution is 0.396. The number of hydrogen-bond donors (Lipinski definition) is 5. The quantitative estimate of drug-likeness (QED) is 0.272.